The molecule has 2 N–H and O–H groups in total. The van der Waals surface area contributed by atoms with Crippen LogP contribution in [0.25, 0.3) is 0 Å². The molecule has 27 heavy (non-hydrogen) atoms. The van der Waals surface area contributed by atoms with Crippen LogP contribution in [0, 0.1) is 0 Å². The number of halogens is 3. The Labute approximate surface area is 172 Å². The summed E-state index contributed by atoms with van der Waals surface area (Å²) in [6.07, 6.45) is 1.43. The van der Waals surface area contributed by atoms with Gasteiger partial charge >= 0.3 is 0 Å². The van der Waals surface area contributed by atoms with Crippen LogP contribution in [0.2, 0.25) is 15.1 Å². The molecule has 7 heteroatoms. The van der Waals surface area contributed by atoms with Crippen LogP contribution in [0.1, 0.15) is 11.3 Å². The van der Waals surface area contributed by atoms with Gasteiger partial charge in [0.15, 0.2) is 5.75 Å². The summed E-state index contributed by atoms with van der Waals surface area (Å²) in [5.41, 5.74) is 8.21. The van der Waals surface area contributed by atoms with Gasteiger partial charge in [-0.25, -0.2) is 4.98 Å². The molecule has 0 saturated carbocycles. The number of anilines is 1. The van der Waals surface area contributed by atoms with Crippen molar-refractivity contribution in [2.24, 2.45) is 0 Å². The molecule has 0 fully saturated rings. The summed E-state index contributed by atoms with van der Waals surface area (Å²) in [4.78, 5) is 4.45. The molecule has 2 aromatic carbocycles. The molecule has 0 bridgehead atoms. The van der Waals surface area contributed by atoms with E-state index in [1.54, 1.807) is 24.3 Å². The van der Waals surface area contributed by atoms with Crippen LogP contribution in [-0.4, -0.2) is 12.1 Å². The number of benzene rings is 2. The summed E-state index contributed by atoms with van der Waals surface area (Å²) < 4.78 is 11.2. The minimum atomic E-state index is 0.280. The third-order valence-electron chi connectivity index (χ3n) is 3.82. The number of pyridine rings is 1. The average molecular weight is 424 g/mol. The molecule has 4 nitrogen and oxygen atoms in total. The Balaban J connectivity index is 1.86. The second-order valence-electron chi connectivity index (χ2n) is 5.89. The van der Waals surface area contributed by atoms with E-state index in [4.69, 9.17) is 50.0 Å². The standard InChI is InChI=1S/C20H17Cl3N2O2/c1-26-20-19(23)18(27-17-9-14(22)8-15(24)10-17)11-16(25-20)6-5-12-3-2-4-13(21)7-12/h2-4,7-11H,5-6,24H2,1H3. The Bertz CT molecular complexity index is 944. The lowest BCUT2D eigenvalue weighted by Gasteiger charge is -2.13. The molecule has 1 heterocycles. The summed E-state index contributed by atoms with van der Waals surface area (Å²) in [7, 11) is 1.51. The predicted molar refractivity (Wildman–Crippen MR) is 111 cm³/mol. The van der Waals surface area contributed by atoms with Crippen molar-refractivity contribution < 1.29 is 9.47 Å². The fourth-order valence-electron chi connectivity index (χ4n) is 2.60. The van der Waals surface area contributed by atoms with Gasteiger partial charge in [0, 0.05) is 33.6 Å². The second-order valence-corrected chi connectivity index (χ2v) is 7.14. The Morgan fingerprint density at radius 1 is 0.963 bits per heavy atom. The van der Waals surface area contributed by atoms with Crippen molar-refractivity contribution in [3.63, 3.8) is 0 Å². The first-order valence-corrected chi connectivity index (χ1v) is 9.30. The Morgan fingerprint density at radius 3 is 2.48 bits per heavy atom. The highest BCUT2D eigenvalue weighted by Crippen LogP contribution is 2.37. The highest BCUT2D eigenvalue weighted by molar-refractivity contribution is 6.33. The molecule has 140 valence electrons. The third kappa shape index (κ3) is 5.19. The Morgan fingerprint density at radius 2 is 1.78 bits per heavy atom. The van der Waals surface area contributed by atoms with Crippen LogP contribution in [0.4, 0.5) is 5.69 Å². The molecule has 0 amide bonds. The van der Waals surface area contributed by atoms with E-state index >= 15 is 0 Å². The lowest BCUT2D eigenvalue weighted by molar-refractivity contribution is 0.390. The molecule has 0 saturated heterocycles. The quantitative estimate of drug-likeness (QED) is 0.479. The van der Waals surface area contributed by atoms with E-state index in [-0.39, 0.29) is 5.02 Å². The molecule has 0 aliphatic carbocycles. The first-order chi connectivity index (χ1) is 12.9. The zero-order valence-corrected chi connectivity index (χ0v) is 16.8. The van der Waals surface area contributed by atoms with E-state index in [9.17, 15) is 0 Å². The maximum absolute atomic E-state index is 6.35. The number of nitrogen functional groups attached to an aromatic ring is 1. The molecule has 0 aliphatic heterocycles. The number of aryl methyl sites for hydroxylation is 2. The van der Waals surface area contributed by atoms with Crippen LogP contribution in [0.5, 0.6) is 17.4 Å². The normalized spacial score (nSPS) is 10.7. The Hall–Kier alpha value is -2.14. The number of nitrogens with zero attached hydrogens (tertiary/aromatic N) is 1. The maximum atomic E-state index is 6.35. The lowest BCUT2D eigenvalue weighted by atomic mass is 10.1. The number of methoxy groups -OCH3 is 1. The van der Waals surface area contributed by atoms with Gasteiger partial charge in [0.1, 0.15) is 10.8 Å². The number of nitrogens with two attached hydrogens (primary N) is 1. The summed E-state index contributed by atoms with van der Waals surface area (Å²) in [5.74, 6) is 1.20. The average Bonchev–Trinajstić information content (AvgIpc) is 2.61. The second kappa shape index (κ2) is 8.70. The van der Waals surface area contributed by atoms with Crippen LogP contribution in [0.3, 0.4) is 0 Å². The molecule has 3 aromatic rings. The smallest absolute Gasteiger partial charge is 0.236 e. The summed E-state index contributed by atoms with van der Waals surface area (Å²) in [5, 5.41) is 1.46. The minimum absolute atomic E-state index is 0.280. The summed E-state index contributed by atoms with van der Waals surface area (Å²) >= 11 is 18.4. The van der Waals surface area contributed by atoms with Crippen LogP contribution in [-0.2, 0) is 12.8 Å². The summed E-state index contributed by atoms with van der Waals surface area (Å²) in [6.45, 7) is 0. The van der Waals surface area contributed by atoms with Gasteiger partial charge in [-0.05, 0) is 42.7 Å². The molecule has 0 aliphatic rings. The number of hydrogen-bond donors (Lipinski definition) is 1. The van der Waals surface area contributed by atoms with Crippen LogP contribution < -0.4 is 15.2 Å². The molecule has 0 atom stereocenters. The van der Waals surface area contributed by atoms with Crippen LogP contribution >= 0.6 is 34.8 Å². The number of aromatic nitrogens is 1. The van der Waals surface area contributed by atoms with Gasteiger partial charge in [-0.3, -0.25) is 0 Å². The first kappa shape index (κ1) is 19.6. The van der Waals surface area contributed by atoms with Gasteiger partial charge in [-0.2, -0.15) is 0 Å². The van der Waals surface area contributed by atoms with E-state index in [2.05, 4.69) is 4.98 Å². The van der Waals surface area contributed by atoms with Gasteiger partial charge in [0.05, 0.1) is 7.11 Å². The number of hydrogen-bond acceptors (Lipinski definition) is 4. The highest BCUT2D eigenvalue weighted by atomic mass is 35.5. The van der Waals surface area contributed by atoms with E-state index < -0.39 is 0 Å². The Kier molecular flexibility index (Phi) is 6.32. The van der Waals surface area contributed by atoms with Crippen molar-refractivity contribution in [2.45, 2.75) is 12.8 Å². The van der Waals surface area contributed by atoms with Crippen molar-refractivity contribution in [1.82, 2.24) is 4.98 Å². The molecule has 0 unspecified atom stereocenters. The molecule has 3 rings (SSSR count). The number of ether oxygens (including phenoxy) is 2. The van der Waals surface area contributed by atoms with Gasteiger partial charge in [0.25, 0.3) is 0 Å². The highest BCUT2D eigenvalue weighted by Gasteiger charge is 2.14. The first-order valence-electron chi connectivity index (χ1n) is 8.16. The topological polar surface area (TPSA) is 57.4 Å². The lowest BCUT2D eigenvalue weighted by Crippen LogP contribution is -2.00. The maximum Gasteiger partial charge on any atom is 0.236 e. The molecular weight excluding hydrogens is 407 g/mol. The minimum Gasteiger partial charge on any atom is -0.480 e. The van der Waals surface area contributed by atoms with Gasteiger partial charge in [-0.1, -0.05) is 46.9 Å². The molecule has 0 radical (unpaired) electrons. The fraction of sp³-hybridized carbons (Fsp3) is 0.150. The zero-order valence-electron chi connectivity index (χ0n) is 14.5. The van der Waals surface area contributed by atoms with Crippen molar-refractivity contribution in [1.29, 1.82) is 0 Å². The van der Waals surface area contributed by atoms with Gasteiger partial charge in [0.2, 0.25) is 5.88 Å². The van der Waals surface area contributed by atoms with Crippen molar-refractivity contribution in [3.8, 4) is 17.4 Å². The van der Waals surface area contributed by atoms with Crippen LogP contribution in [0.15, 0.2) is 48.5 Å². The monoisotopic (exact) mass is 422 g/mol. The number of rotatable bonds is 6. The fourth-order valence-corrected chi connectivity index (χ4v) is 3.26. The van der Waals surface area contributed by atoms with Gasteiger partial charge < -0.3 is 15.2 Å². The van der Waals surface area contributed by atoms with E-state index in [1.165, 1.54) is 7.11 Å². The molecular formula is C20H17Cl3N2O2. The van der Waals surface area contributed by atoms with Crippen molar-refractivity contribution in [3.05, 3.63) is 74.9 Å². The van der Waals surface area contributed by atoms with E-state index in [1.807, 2.05) is 24.3 Å². The third-order valence-corrected chi connectivity index (χ3v) is 4.62. The molecule has 0 spiro atoms. The predicted octanol–water partition coefficient (Wildman–Crippen LogP) is 6.21. The van der Waals surface area contributed by atoms with E-state index in [0.29, 0.717) is 39.5 Å². The van der Waals surface area contributed by atoms with E-state index in [0.717, 1.165) is 17.7 Å². The van der Waals surface area contributed by atoms with Crippen molar-refractivity contribution >= 4 is 40.5 Å². The zero-order chi connectivity index (χ0) is 19.4. The largest absolute Gasteiger partial charge is 0.480 e. The SMILES string of the molecule is COc1nc(CCc2cccc(Cl)c2)cc(Oc2cc(N)cc(Cl)c2)c1Cl. The van der Waals surface area contributed by atoms with Crippen molar-refractivity contribution in [2.75, 3.05) is 12.8 Å². The van der Waals surface area contributed by atoms with Gasteiger partial charge in [-0.15, -0.1) is 0 Å². The summed E-state index contributed by atoms with van der Waals surface area (Å²) in [6, 6.07) is 14.5. The molecule has 1 aromatic heterocycles.